The first-order valence-corrected chi connectivity index (χ1v) is 11.5. The topological polar surface area (TPSA) is 70.8 Å². The number of nitrogens with one attached hydrogen (secondary N) is 1. The van der Waals surface area contributed by atoms with E-state index in [4.69, 9.17) is 15.0 Å². The van der Waals surface area contributed by atoms with Gasteiger partial charge in [-0.1, -0.05) is 18.9 Å². The van der Waals surface area contributed by atoms with Gasteiger partial charge in [-0.25, -0.2) is 4.98 Å². The zero-order valence-corrected chi connectivity index (χ0v) is 18.8. The lowest BCUT2D eigenvalue weighted by Crippen LogP contribution is -2.47. The van der Waals surface area contributed by atoms with E-state index in [0.29, 0.717) is 5.69 Å². The van der Waals surface area contributed by atoms with E-state index in [1.165, 1.54) is 31.4 Å². The molecule has 1 aliphatic carbocycles. The Balaban J connectivity index is 1.44. The molecule has 0 radical (unpaired) electrons. The summed E-state index contributed by atoms with van der Waals surface area (Å²) in [5.74, 6) is 0. The highest BCUT2D eigenvalue weighted by Crippen LogP contribution is 2.49. The molecule has 3 heterocycles. The van der Waals surface area contributed by atoms with Crippen LogP contribution >= 0.6 is 22.6 Å². The summed E-state index contributed by atoms with van der Waals surface area (Å²) < 4.78 is 7.23. The molecule has 0 aromatic carbocycles. The third-order valence-electron chi connectivity index (χ3n) is 6.49. The minimum absolute atomic E-state index is 0.0585. The molecule has 29 heavy (non-hydrogen) atoms. The monoisotopic (exact) mass is 502 g/mol. The van der Waals surface area contributed by atoms with Gasteiger partial charge in [-0.05, 0) is 85.0 Å². The van der Waals surface area contributed by atoms with E-state index >= 15 is 0 Å². The van der Waals surface area contributed by atoms with Crippen LogP contribution in [0.15, 0.2) is 36.7 Å². The Bertz CT molecular complexity index is 876. The Hall–Kier alpha value is -1.56. The zero-order valence-electron chi connectivity index (χ0n) is 16.7. The van der Waals surface area contributed by atoms with E-state index in [0.717, 1.165) is 48.1 Å². The molecule has 0 amide bonds. The summed E-state index contributed by atoms with van der Waals surface area (Å²) in [6.07, 6.45) is 11.8. The molecule has 5 nitrogen and oxygen atoms in total. The van der Waals surface area contributed by atoms with Crippen LogP contribution in [-0.2, 0) is 16.7 Å². The van der Waals surface area contributed by atoms with Gasteiger partial charge in [0, 0.05) is 40.2 Å². The summed E-state index contributed by atoms with van der Waals surface area (Å²) in [6.45, 7) is 2.51. The molecule has 0 unspecified atom stereocenters. The van der Waals surface area contributed by atoms with Crippen molar-refractivity contribution < 1.29 is 4.74 Å². The van der Waals surface area contributed by atoms with Crippen LogP contribution in [-0.4, -0.2) is 28.7 Å². The van der Waals surface area contributed by atoms with Gasteiger partial charge in [0.05, 0.1) is 5.60 Å². The van der Waals surface area contributed by atoms with Crippen molar-refractivity contribution in [2.75, 3.05) is 13.2 Å². The lowest BCUT2D eigenvalue weighted by atomic mass is 9.68. The van der Waals surface area contributed by atoms with Crippen molar-refractivity contribution in [3.05, 3.63) is 57.2 Å². The number of nitrogens with zero attached hydrogens (tertiary/aromatic N) is 3. The number of rotatable bonds is 6. The number of hydrogen-bond acceptors (Lipinski definition) is 5. The van der Waals surface area contributed by atoms with Crippen LogP contribution in [0.1, 0.15) is 61.9 Å². The highest BCUT2D eigenvalue weighted by molar-refractivity contribution is 14.1. The predicted octanol–water partition coefficient (Wildman–Crippen LogP) is 4.49. The van der Waals surface area contributed by atoms with Gasteiger partial charge in [0.2, 0.25) is 0 Å². The number of aromatic nitrogens is 2. The number of nitriles is 1. The van der Waals surface area contributed by atoms with Crippen molar-refractivity contribution in [2.24, 2.45) is 0 Å². The lowest BCUT2D eigenvalue weighted by molar-refractivity contribution is -0.104. The Morgan fingerprint density at radius 3 is 2.79 bits per heavy atom. The maximum Gasteiger partial charge on any atom is 0.153 e. The van der Waals surface area contributed by atoms with Gasteiger partial charge in [-0.15, -0.1) is 0 Å². The van der Waals surface area contributed by atoms with Crippen LogP contribution in [0.2, 0.25) is 0 Å². The molecule has 152 valence electrons. The van der Waals surface area contributed by atoms with Crippen LogP contribution in [0.25, 0.3) is 0 Å². The molecule has 4 rings (SSSR count). The van der Waals surface area contributed by atoms with Crippen molar-refractivity contribution in [1.82, 2.24) is 15.3 Å². The fourth-order valence-electron chi connectivity index (χ4n) is 5.01. The molecule has 1 saturated carbocycles. The second kappa shape index (κ2) is 9.07. The molecular weight excluding hydrogens is 475 g/mol. The minimum atomic E-state index is 0.0585. The second-order valence-corrected chi connectivity index (χ2v) is 9.54. The average molecular weight is 502 g/mol. The van der Waals surface area contributed by atoms with Crippen molar-refractivity contribution in [1.29, 1.82) is 5.26 Å². The predicted molar refractivity (Wildman–Crippen MR) is 120 cm³/mol. The van der Waals surface area contributed by atoms with Gasteiger partial charge in [-0.3, -0.25) is 4.98 Å². The summed E-state index contributed by atoms with van der Waals surface area (Å²) in [7, 11) is 0. The van der Waals surface area contributed by atoms with E-state index in [1.54, 1.807) is 6.20 Å². The molecule has 1 spiro atoms. The van der Waals surface area contributed by atoms with Gasteiger partial charge in [-0.2, -0.15) is 5.26 Å². The standard InChI is InChI=1S/C23H27IN4O/c24-19-13-18(16-28-20(19)14-25)15-26-11-8-22(21-5-1-4-10-27-21)9-12-29-23(17-22)6-2-3-7-23/h1,4-5,10,13,16,26H,2-3,6-9,11-12,15,17H2/t22-/m0/s1. The summed E-state index contributed by atoms with van der Waals surface area (Å²) in [6, 6.07) is 10.5. The minimum Gasteiger partial charge on any atom is -0.375 e. The fourth-order valence-corrected chi connectivity index (χ4v) is 5.67. The van der Waals surface area contributed by atoms with Gasteiger partial charge in [0.15, 0.2) is 5.69 Å². The first-order valence-electron chi connectivity index (χ1n) is 10.5. The average Bonchev–Trinajstić information content (AvgIpc) is 3.19. The zero-order chi connectivity index (χ0) is 20.2. The first-order chi connectivity index (χ1) is 14.1. The van der Waals surface area contributed by atoms with Crippen LogP contribution in [0.5, 0.6) is 0 Å². The van der Waals surface area contributed by atoms with Crippen molar-refractivity contribution in [3.8, 4) is 6.07 Å². The quantitative estimate of drug-likeness (QED) is 0.466. The highest BCUT2D eigenvalue weighted by atomic mass is 127. The van der Waals surface area contributed by atoms with E-state index in [-0.39, 0.29) is 11.0 Å². The van der Waals surface area contributed by atoms with E-state index in [1.807, 2.05) is 18.3 Å². The Kier molecular flexibility index (Phi) is 6.47. The molecule has 0 bridgehead atoms. The van der Waals surface area contributed by atoms with Gasteiger partial charge >= 0.3 is 0 Å². The summed E-state index contributed by atoms with van der Waals surface area (Å²) in [4.78, 5) is 9.01. The normalized spacial score (nSPS) is 23.2. The molecule has 6 heteroatoms. The Morgan fingerprint density at radius 1 is 1.21 bits per heavy atom. The molecule has 2 aromatic rings. The van der Waals surface area contributed by atoms with Gasteiger partial charge in [0.25, 0.3) is 0 Å². The van der Waals surface area contributed by atoms with Crippen LogP contribution in [0.4, 0.5) is 0 Å². The Morgan fingerprint density at radius 2 is 2.07 bits per heavy atom. The summed E-state index contributed by atoms with van der Waals surface area (Å²) in [5.41, 5.74) is 2.95. The number of hydrogen-bond donors (Lipinski definition) is 1. The van der Waals surface area contributed by atoms with Crippen molar-refractivity contribution in [2.45, 2.75) is 62.5 Å². The van der Waals surface area contributed by atoms with E-state index < -0.39 is 0 Å². The van der Waals surface area contributed by atoms with Crippen molar-refractivity contribution in [3.63, 3.8) is 0 Å². The molecule has 1 aliphatic heterocycles. The molecule has 1 atom stereocenters. The maximum absolute atomic E-state index is 9.04. The largest absolute Gasteiger partial charge is 0.375 e. The molecule has 2 fully saturated rings. The maximum atomic E-state index is 9.04. The van der Waals surface area contributed by atoms with Gasteiger partial charge in [0.1, 0.15) is 6.07 Å². The molecule has 1 saturated heterocycles. The van der Waals surface area contributed by atoms with Crippen molar-refractivity contribution >= 4 is 22.6 Å². The van der Waals surface area contributed by atoms with Crippen LogP contribution in [0, 0.1) is 14.9 Å². The third kappa shape index (κ3) is 4.62. The number of ether oxygens (including phenoxy) is 1. The molecule has 2 aliphatic rings. The molecule has 1 N–H and O–H groups in total. The SMILES string of the molecule is N#Cc1ncc(CNCC[C@]2(c3ccccn3)CCOC3(CCCC3)C2)cc1I. The highest BCUT2D eigenvalue weighted by Gasteiger charge is 2.48. The summed E-state index contributed by atoms with van der Waals surface area (Å²) >= 11 is 2.18. The second-order valence-electron chi connectivity index (χ2n) is 8.37. The van der Waals surface area contributed by atoms with E-state index in [2.05, 4.69) is 51.1 Å². The van der Waals surface area contributed by atoms with Gasteiger partial charge < -0.3 is 10.1 Å². The summed E-state index contributed by atoms with van der Waals surface area (Å²) in [5, 5.41) is 12.6. The lowest BCUT2D eigenvalue weighted by Gasteiger charge is -2.46. The Labute approximate surface area is 186 Å². The van der Waals surface area contributed by atoms with E-state index in [9.17, 15) is 0 Å². The molecular formula is C23H27IN4O. The van der Waals surface area contributed by atoms with Crippen LogP contribution in [0.3, 0.4) is 0 Å². The first kappa shape index (κ1) is 20.7. The molecule has 2 aromatic heterocycles. The fraction of sp³-hybridized carbons (Fsp3) is 0.522. The third-order valence-corrected chi connectivity index (χ3v) is 7.31. The van der Waals surface area contributed by atoms with Crippen LogP contribution < -0.4 is 5.32 Å². The number of halogens is 1. The smallest absolute Gasteiger partial charge is 0.153 e. The number of pyridine rings is 2.